The topological polar surface area (TPSA) is 72.8 Å². The second kappa shape index (κ2) is 6.18. The molecule has 0 spiro atoms. The fourth-order valence-electron chi connectivity index (χ4n) is 0.825. The quantitative estimate of drug-likeness (QED) is 0.776. The minimum absolute atomic E-state index is 0.173. The largest absolute Gasteiger partial charge is 0.462 e. The van der Waals surface area contributed by atoms with E-state index in [0.29, 0.717) is 0 Å². The zero-order valence-corrected chi connectivity index (χ0v) is 12.1. The van der Waals surface area contributed by atoms with Crippen LogP contribution in [-0.2, 0) is 19.1 Å². The van der Waals surface area contributed by atoms with Gasteiger partial charge in [-0.1, -0.05) is 0 Å². The third-order valence-corrected chi connectivity index (χ3v) is 2.04. The number of hydrogen-bond acceptors (Lipinski definition) is 5. The Morgan fingerprint density at radius 2 is 1.17 bits per heavy atom. The summed E-state index contributed by atoms with van der Waals surface area (Å²) >= 11 is 0. The highest BCUT2D eigenvalue weighted by molar-refractivity contribution is 5.75. The molecule has 0 aliphatic rings. The molecule has 0 rings (SSSR count). The van der Waals surface area contributed by atoms with Gasteiger partial charge in [0.25, 0.3) is 0 Å². The molecular weight excluding hydrogens is 236 g/mol. The zero-order chi connectivity index (χ0) is 14.6. The predicted molar refractivity (Wildman–Crippen MR) is 66.8 cm³/mol. The highest BCUT2D eigenvalue weighted by Gasteiger charge is 2.26. The van der Waals surface area contributed by atoms with Gasteiger partial charge < -0.3 is 14.6 Å². The molecule has 1 N–H and O–H groups in total. The van der Waals surface area contributed by atoms with Crippen molar-refractivity contribution in [2.24, 2.45) is 10.8 Å². The van der Waals surface area contributed by atoms with Gasteiger partial charge in [0.1, 0.15) is 19.3 Å². The molecular formula is C13H24O5. The standard InChI is InChI=1S/C13H24O5/c1-12(2,3)10(15)17-7-9(14)8-18-11(16)13(4,5)6/h9,14H,7-8H2,1-6H3. The molecule has 5 nitrogen and oxygen atoms in total. The predicted octanol–water partition coefficient (Wildman–Crippen LogP) is 1.53. The SMILES string of the molecule is CC(C)(C)C(=O)OCC(O)COC(=O)C(C)(C)C. The summed E-state index contributed by atoms with van der Waals surface area (Å²) in [5, 5.41) is 9.52. The lowest BCUT2D eigenvalue weighted by molar-refractivity contribution is -0.162. The zero-order valence-electron chi connectivity index (χ0n) is 12.1. The minimum atomic E-state index is -0.998. The Labute approximate surface area is 108 Å². The van der Waals surface area contributed by atoms with Crippen LogP contribution < -0.4 is 0 Å². The molecule has 0 saturated carbocycles. The third-order valence-electron chi connectivity index (χ3n) is 2.04. The lowest BCUT2D eigenvalue weighted by Gasteiger charge is -2.20. The first-order valence-corrected chi connectivity index (χ1v) is 5.97. The van der Waals surface area contributed by atoms with Gasteiger partial charge in [-0.25, -0.2) is 0 Å². The maximum absolute atomic E-state index is 11.4. The van der Waals surface area contributed by atoms with Gasteiger partial charge in [0.05, 0.1) is 10.8 Å². The van der Waals surface area contributed by atoms with Gasteiger partial charge in [-0.2, -0.15) is 0 Å². The average molecular weight is 260 g/mol. The normalized spacial score (nSPS) is 12.4. The Balaban J connectivity index is 3.97. The van der Waals surface area contributed by atoms with E-state index in [4.69, 9.17) is 9.47 Å². The molecule has 0 aromatic carbocycles. The van der Waals surface area contributed by atoms with Gasteiger partial charge in [-0.15, -0.1) is 0 Å². The van der Waals surface area contributed by atoms with Crippen molar-refractivity contribution in [3.05, 3.63) is 0 Å². The first-order chi connectivity index (χ1) is 7.94. The van der Waals surface area contributed by atoms with Crippen LogP contribution >= 0.6 is 0 Å². The average Bonchev–Trinajstić information content (AvgIpc) is 2.19. The summed E-state index contributed by atoms with van der Waals surface area (Å²) < 4.78 is 9.81. The van der Waals surface area contributed by atoms with Crippen LogP contribution in [-0.4, -0.2) is 36.4 Å². The van der Waals surface area contributed by atoms with Gasteiger partial charge in [-0.3, -0.25) is 9.59 Å². The van der Waals surface area contributed by atoms with Crippen LogP contribution in [0.4, 0.5) is 0 Å². The van der Waals surface area contributed by atoms with Crippen LogP contribution in [0, 0.1) is 10.8 Å². The summed E-state index contributed by atoms with van der Waals surface area (Å²) in [6.07, 6.45) is -0.998. The van der Waals surface area contributed by atoms with Crippen molar-refractivity contribution in [1.82, 2.24) is 0 Å². The molecule has 0 aliphatic heterocycles. The smallest absolute Gasteiger partial charge is 0.311 e. The van der Waals surface area contributed by atoms with Crippen LogP contribution in [0.5, 0.6) is 0 Å². The fourth-order valence-corrected chi connectivity index (χ4v) is 0.825. The van der Waals surface area contributed by atoms with Crippen LogP contribution in [0.15, 0.2) is 0 Å². The lowest BCUT2D eigenvalue weighted by atomic mass is 9.97. The summed E-state index contributed by atoms with van der Waals surface area (Å²) in [6.45, 7) is 10.00. The molecule has 0 amide bonds. The van der Waals surface area contributed by atoms with E-state index in [2.05, 4.69) is 0 Å². The molecule has 18 heavy (non-hydrogen) atoms. The Hall–Kier alpha value is -1.10. The Morgan fingerprint density at radius 3 is 1.39 bits per heavy atom. The lowest BCUT2D eigenvalue weighted by Crippen LogP contribution is -2.32. The molecule has 0 atom stereocenters. The van der Waals surface area contributed by atoms with Gasteiger partial charge in [0, 0.05) is 0 Å². The number of ether oxygens (including phenoxy) is 2. The van der Waals surface area contributed by atoms with E-state index in [9.17, 15) is 14.7 Å². The third kappa shape index (κ3) is 6.59. The Morgan fingerprint density at radius 1 is 0.889 bits per heavy atom. The monoisotopic (exact) mass is 260 g/mol. The molecule has 0 fully saturated rings. The number of aliphatic hydroxyl groups excluding tert-OH is 1. The number of rotatable bonds is 4. The van der Waals surface area contributed by atoms with Crippen LogP contribution in [0.1, 0.15) is 41.5 Å². The van der Waals surface area contributed by atoms with E-state index in [1.807, 2.05) is 0 Å². The highest BCUT2D eigenvalue weighted by atomic mass is 16.6. The molecule has 0 heterocycles. The number of carbonyl (C=O) groups is 2. The number of aliphatic hydroxyl groups is 1. The van der Waals surface area contributed by atoms with Crippen LogP contribution in [0.2, 0.25) is 0 Å². The van der Waals surface area contributed by atoms with Crippen molar-refractivity contribution in [3.8, 4) is 0 Å². The maximum atomic E-state index is 11.4. The van der Waals surface area contributed by atoms with E-state index in [1.165, 1.54) is 0 Å². The van der Waals surface area contributed by atoms with Crippen LogP contribution in [0.25, 0.3) is 0 Å². The minimum Gasteiger partial charge on any atom is -0.462 e. The van der Waals surface area contributed by atoms with Gasteiger partial charge >= 0.3 is 11.9 Å². The number of hydrogen-bond donors (Lipinski definition) is 1. The highest BCUT2D eigenvalue weighted by Crippen LogP contribution is 2.16. The second-order valence-corrected chi connectivity index (χ2v) is 6.35. The van der Waals surface area contributed by atoms with E-state index < -0.39 is 28.9 Å². The first-order valence-electron chi connectivity index (χ1n) is 5.97. The van der Waals surface area contributed by atoms with E-state index in [-0.39, 0.29) is 13.2 Å². The van der Waals surface area contributed by atoms with Gasteiger partial charge in [-0.05, 0) is 41.5 Å². The van der Waals surface area contributed by atoms with Crippen molar-refractivity contribution in [2.45, 2.75) is 47.6 Å². The molecule has 0 aliphatic carbocycles. The Bertz CT molecular complexity index is 265. The summed E-state index contributed by atoms with van der Waals surface area (Å²) in [7, 11) is 0. The fraction of sp³-hybridized carbons (Fsp3) is 0.846. The molecule has 5 heteroatoms. The number of esters is 2. The van der Waals surface area contributed by atoms with Crippen molar-refractivity contribution in [3.63, 3.8) is 0 Å². The summed E-state index contributed by atoms with van der Waals surface area (Å²) in [4.78, 5) is 22.9. The first kappa shape index (κ1) is 16.9. The molecule has 0 aromatic rings. The van der Waals surface area contributed by atoms with E-state index in [0.717, 1.165) is 0 Å². The second-order valence-electron chi connectivity index (χ2n) is 6.35. The Kier molecular flexibility index (Phi) is 5.80. The van der Waals surface area contributed by atoms with E-state index in [1.54, 1.807) is 41.5 Å². The molecule has 0 aromatic heterocycles. The maximum Gasteiger partial charge on any atom is 0.311 e. The van der Waals surface area contributed by atoms with E-state index >= 15 is 0 Å². The van der Waals surface area contributed by atoms with Crippen molar-refractivity contribution >= 4 is 11.9 Å². The van der Waals surface area contributed by atoms with Crippen molar-refractivity contribution in [2.75, 3.05) is 13.2 Å². The van der Waals surface area contributed by atoms with Gasteiger partial charge in [0.2, 0.25) is 0 Å². The molecule has 106 valence electrons. The molecule has 0 saturated heterocycles. The molecule has 0 unspecified atom stereocenters. The van der Waals surface area contributed by atoms with Crippen LogP contribution in [0.3, 0.4) is 0 Å². The molecule has 0 radical (unpaired) electrons. The number of carbonyl (C=O) groups excluding carboxylic acids is 2. The van der Waals surface area contributed by atoms with Crippen molar-refractivity contribution in [1.29, 1.82) is 0 Å². The molecule has 0 bridgehead atoms. The van der Waals surface area contributed by atoms with Gasteiger partial charge in [0.15, 0.2) is 0 Å². The summed E-state index contributed by atoms with van der Waals surface area (Å²) in [5.74, 6) is -0.799. The summed E-state index contributed by atoms with van der Waals surface area (Å²) in [6, 6.07) is 0. The summed E-state index contributed by atoms with van der Waals surface area (Å²) in [5.41, 5.74) is -1.22. The van der Waals surface area contributed by atoms with Crippen molar-refractivity contribution < 1.29 is 24.2 Å².